The van der Waals surface area contributed by atoms with Crippen molar-refractivity contribution in [2.24, 2.45) is 0 Å². The van der Waals surface area contributed by atoms with Gasteiger partial charge in [-0.1, -0.05) is 59.1 Å². The molecule has 0 spiro atoms. The third-order valence-electron chi connectivity index (χ3n) is 4.69. The quantitative estimate of drug-likeness (QED) is 0.403. The first kappa shape index (κ1) is 21.4. The largest absolute Gasteiger partial charge is 0.344 e. The Kier molecular flexibility index (Phi) is 6.28. The van der Waals surface area contributed by atoms with E-state index in [-0.39, 0.29) is 18.7 Å². The molecule has 156 valence electrons. The molecule has 2 heterocycles. The van der Waals surface area contributed by atoms with Gasteiger partial charge in [-0.15, -0.1) is 0 Å². The highest BCUT2D eigenvalue weighted by Crippen LogP contribution is 2.26. The molecular formula is C23H16Cl3N3O2. The summed E-state index contributed by atoms with van der Waals surface area (Å²) in [6.07, 6.45) is 1.89. The van der Waals surface area contributed by atoms with Crippen LogP contribution in [0, 0.1) is 0 Å². The Hall–Kier alpha value is -2.86. The average Bonchev–Trinajstić information content (AvgIpc) is 3.15. The molecule has 1 N–H and O–H groups in total. The normalized spacial score (nSPS) is 10.9. The van der Waals surface area contributed by atoms with Gasteiger partial charge in [-0.05, 0) is 42.0 Å². The van der Waals surface area contributed by atoms with Crippen molar-refractivity contribution in [2.45, 2.75) is 6.42 Å². The Labute approximate surface area is 193 Å². The standard InChI is InChI=1S/C23H16Cl3N3O2/c24-16-7-5-15(6-8-16)21-22(29-10-2-1-3-20(29)28-21)23(31)27-13-17(30)11-14-4-9-18(25)19(26)12-14/h1-10,12H,11,13H2,(H,27,31). The number of fused-ring (bicyclic) bond motifs is 1. The third-order valence-corrected chi connectivity index (χ3v) is 5.69. The summed E-state index contributed by atoms with van der Waals surface area (Å²) in [6.45, 7) is -0.126. The molecule has 0 bridgehead atoms. The second-order valence-corrected chi connectivity index (χ2v) is 8.14. The van der Waals surface area contributed by atoms with Crippen LogP contribution in [-0.4, -0.2) is 27.6 Å². The monoisotopic (exact) mass is 471 g/mol. The van der Waals surface area contributed by atoms with Crippen molar-refractivity contribution in [3.05, 3.63) is 93.2 Å². The van der Waals surface area contributed by atoms with Crippen LogP contribution in [0.4, 0.5) is 0 Å². The first-order valence-electron chi connectivity index (χ1n) is 9.39. The van der Waals surface area contributed by atoms with Gasteiger partial charge in [-0.25, -0.2) is 4.98 Å². The molecule has 31 heavy (non-hydrogen) atoms. The Bertz CT molecular complexity index is 1280. The maximum Gasteiger partial charge on any atom is 0.270 e. The van der Waals surface area contributed by atoms with E-state index in [0.717, 1.165) is 11.1 Å². The lowest BCUT2D eigenvalue weighted by molar-refractivity contribution is -0.117. The minimum atomic E-state index is -0.397. The van der Waals surface area contributed by atoms with E-state index in [9.17, 15) is 9.59 Å². The molecule has 0 atom stereocenters. The lowest BCUT2D eigenvalue weighted by Gasteiger charge is -2.08. The summed E-state index contributed by atoms with van der Waals surface area (Å²) in [5.74, 6) is -0.556. The number of hydrogen-bond donors (Lipinski definition) is 1. The summed E-state index contributed by atoms with van der Waals surface area (Å²) in [4.78, 5) is 30.1. The van der Waals surface area contributed by atoms with Crippen molar-refractivity contribution in [2.75, 3.05) is 6.54 Å². The third kappa shape index (κ3) is 4.74. The predicted octanol–water partition coefficient (Wildman–Crippen LogP) is 5.50. The summed E-state index contributed by atoms with van der Waals surface area (Å²) < 4.78 is 1.70. The average molecular weight is 473 g/mol. The van der Waals surface area contributed by atoms with Crippen molar-refractivity contribution < 1.29 is 9.59 Å². The summed E-state index contributed by atoms with van der Waals surface area (Å²) in [5.41, 5.74) is 2.96. The molecule has 4 aromatic rings. The molecule has 5 nitrogen and oxygen atoms in total. The van der Waals surface area contributed by atoms with Crippen LogP contribution in [0.3, 0.4) is 0 Å². The summed E-state index contributed by atoms with van der Waals surface area (Å²) in [7, 11) is 0. The fraction of sp³-hybridized carbons (Fsp3) is 0.0870. The number of nitrogens with zero attached hydrogens (tertiary/aromatic N) is 2. The maximum absolute atomic E-state index is 13.0. The Morgan fingerprint density at radius 3 is 2.45 bits per heavy atom. The first-order valence-corrected chi connectivity index (χ1v) is 10.5. The number of benzene rings is 2. The number of halogens is 3. The zero-order valence-electron chi connectivity index (χ0n) is 16.1. The molecule has 0 aliphatic rings. The van der Waals surface area contributed by atoms with Gasteiger partial charge in [0.15, 0.2) is 5.78 Å². The van der Waals surface area contributed by atoms with Crippen LogP contribution < -0.4 is 5.32 Å². The van der Waals surface area contributed by atoms with Gasteiger partial charge in [0, 0.05) is 23.2 Å². The first-order chi connectivity index (χ1) is 14.9. The number of imidazole rings is 1. The van der Waals surface area contributed by atoms with Gasteiger partial charge < -0.3 is 5.32 Å². The Balaban J connectivity index is 1.55. The number of rotatable bonds is 6. The van der Waals surface area contributed by atoms with Gasteiger partial charge in [0.1, 0.15) is 17.0 Å². The molecule has 0 saturated carbocycles. The highest BCUT2D eigenvalue weighted by Gasteiger charge is 2.21. The van der Waals surface area contributed by atoms with Crippen molar-refractivity contribution in [1.82, 2.24) is 14.7 Å². The number of carbonyl (C=O) groups excluding carboxylic acids is 2. The molecule has 4 rings (SSSR count). The molecule has 2 aromatic carbocycles. The van der Waals surface area contributed by atoms with Gasteiger partial charge in [0.2, 0.25) is 0 Å². The zero-order chi connectivity index (χ0) is 22.0. The van der Waals surface area contributed by atoms with Crippen molar-refractivity contribution >= 4 is 52.1 Å². The SMILES string of the molecule is O=C(CNC(=O)c1c(-c2ccc(Cl)cc2)nc2ccccn12)Cc1ccc(Cl)c(Cl)c1. The number of nitrogens with one attached hydrogen (secondary N) is 1. The molecule has 1 amide bonds. The number of aromatic nitrogens is 2. The number of carbonyl (C=O) groups is 2. The fourth-order valence-electron chi connectivity index (χ4n) is 3.22. The van der Waals surface area contributed by atoms with E-state index < -0.39 is 5.91 Å². The van der Waals surface area contributed by atoms with Crippen molar-refractivity contribution in [3.8, 4) is 11.3 Å². The van der Waals surface area contributed by atoms with Gasteiger partial charge in [-0.2, -0.15) is 0 Å². The zero-order valence-corrected chi connectivity index (χ0v) is 18.4. The smallest absolute Gasteiger partial charge is 0.270 e. The van der Waals surface area contributed by atoms with E-state index >= 15 is 0 Å². The number of hydrogen-bond acceptors (Lipinski definition) is 3. The number of Topliss-reactive ketones (excluding diaryl/α,β-unsaturated/α-hetero) is 1. The van der Waals surface area contributed by atoms with E-state index in [1.165, 1.54) is 0 Å². The minimum Gasteiger partial charge on any atom is -0.344 e. The van der Waals surface area contributed by atoms with Crippen LogP contribution in [0.25, 0.3) is 16.9 Å². The lowest BCUT2D eigenvalue weighted by Crippen LogP contribution is -2.31. The van der Waals surface area contributed by atoms with Crippen LogP contribution in [0.5, 0.6) is 0 Å². The number of amides is 1. The van der Waals surface area contributed by atoms with Crippen LogP contribution in [0.1, 0.15) is 16.1 Å². The van der Waals surface area contributed by atoms with E-state index in [1.807, 2.05) is 18.2 Å². The molecular weight excluding hydrogens is 457 g/mol. The molecule has 0 aliphatic heterocycles. The van der Waals surface area contributed by atoms with E-state index in [1.54, 1.807) is 53.1 Å². The molecule has 2 aromatic heterocycles. The fourth-order valence-corrected chi connectivity index (χ4v) is 3.67. The second kappa shape index (κ2) is 9.10. The summed E-state index contributed by atoms with van der Waals surface area (Å²) in [5, 5.41) is 4.11. The molecule has 8 heteroatoms. The summed E-state index contributed by atoms with van der Waals surface area (Å²) >= 11 is 17.9. The van der Waals surface area contributed by atoms with Gasteiger partial charge in [0.05, 0.1) is 16.6 Å². The van der Waals surface area contributed by atoms with E-state index in [0.29, 0.717) is 32.1 Å². The van der Waals surface area contributed by atoms with Crippen LogP contribution >= 0.6 is 34.8 Å². The Morgan fingerprint density at radius 2 is 1.71 bits per heavy atom. The predicted molar refractivity (Wildman–Crippen MR) is 123 cm³/mol. The number of pyridine rings is 1. The van der Waals surface area contributed by atoms with Crippen molar-refractivity contribution in [1.29, 1.82) is 0 Å². The van der Waals surface area contributed by atoms with Crippen LogP contribution in [0.15, 0.2) is 66.9 Å². The maximum atomic E-state index is 13.0. The highest BCUT2D eigenvalue weighted by molar-refractivity contribution is 6.42. The lowest BCUT2D eigenvalue weighted by atomic mass is 10.1. The highest BCUT2D eigenvalue weighted by atomic mass is 35.5. The van der Waals surface area contributed by atoms with E-state index in [4.69, 9.17) is 34.8 Å². The summed E-state index contributed by atoms with van der Waals surface area (Å²) in [6, 6.07) is 17.6. The minimum absolute atomic E-state index is 0.126. The second-order valence-electron chi connectivity index (χ2n) is 6.89. The Morgan fingerprint density at radius 1 is 0.935 bits per heavy atom. The topological polar surface area (TPSA) is 63.5 Å². The number of ketones is 1. The molecule has 0 aliphatic carbocycles. The van der Waals surface area contributed by atoms with Gasteiger partial charge in [0.25, 0.3) is 5.91 Å². The van der Waals surface area contributed by atoms with Crippen molar-refractivity contribution in [3.63, 3.8) is 0 Å². The molecule has 0 saturated heterocycles. The molecule has 0 fully saturated rings. The van der Waals surface area contributed by atoms with Gasteiger partial charge >= 0.3 is 0 Å². The molecule has 0 unspecified atom stereocenters. The van der Waals surface area contributed by atoms with Gasteiger partial charge in [-0.3, -0.25) is 14.0 Å². The molecule has 0 radical (unpaired) electrons. The van der Waals surface area contributed by atoms with Crippen LogP contribution in [-0.2, 0) is 11.2 Å². The van der Waals surface area contributed by atoms with E-state index in [2.05, 4.69) is 10.3 Å². The van der Waals surface area contributed by atoms with Crippen LogP contribution in [0.2, 0.25) is 15.1 Å².